The van der Waals surface area contributed by atoms with Crippen LogP contribution in [0, 0.1) is 5.82 Å². The number of Topliss-reactive ketones (excluding diaryl/α,β-unsaturated/α-hetero) is 1. The van der Waals surface area contributed by atoms with Gasteiger partial charge in [0.2, 0.25) is 0 Å². The van der Waals surface area contributed by atoms with Crippen LogP contribution in [0.3, 0.4) is 0 Å². The van der Waals surface area contributed by atoms with Crippen LogP contribution < -0.4 is 0 Å². The summed E-state index contributed by atoms with van der Waals surface area (Å²) in [5, 5.41) is 0.448. The lowest BCUT2D eigenvalue weighted by atomic mass is 9.82. The van der Waals surface area contributed by atoms with Gasteiger partial charge in [0.05, 0.1) is 4.90 Å². The largest absolute Gasteiger partial charge is 0.300 e. The van der Waals surface area contributed by atoms with Gasteiger partial charge in [-0.3, -0.25) is 4.79 Å². The molecule has 0 radical (unpaired) electrons. The van der Waals surface area contributed by atoms with Crippen LogP contribution in [0.2, 0.25) is 5.02 Å². The zero-order valence-electron chi connectivity index (χ0n) is 12.8. The lowest BCUT2D eigenvalue weighted by Gasteiger charge is -2.36. The van der Waals surface area contributed by atoms with Gasteiger partial charge in [0, 0.05) is 17.9 Å². The second-order valence-electron chi connectivity index (χ2n) is 6.00. The fraction of sp³-hybridized carbons (Fsp3) is 0.278. The van der Waals surface area contributed by atoms with Crippen LogP contribution in [0.1, 0.15) is 31.2 Å². The Morgan fingerprint density at radius 3 is 2.00 bits per heavy atom. The monoisotopic (exact) mass is 366 g/mol. The quantitative estimate of drug-likeness (QED) is 0.814. The highest BCUT2D eigenvalue weighted by Crippen LogP contribution is 2.46. The fourth-order valence-corrected chi connectivity index (χ4v) is 5.50. The Morgan fingerprint density at radius 1 is 0.917 bits per heavy atom. The maximum Gasteiger partial charge on any atom is 0.188 e. The molecule has 126 valence electrons. The number of carbonyl (C=O) groups is 1. The van der Waals surface area contributed by atoms with Gasteiger partial charge in [-0.2, -0.15) is 0 Å². The Balaban J connectivity index is 2.16. The molecule has 2 aromatic rings. The summed E-state index contributed by atoms with van der Waals surface area (Å²) in [5.41, 5.74) is 0.520. The van der Waals surface area contributed by atoms with Crippen LogP contribution in [0.15, 0.2) is 53.4 Å². The minimum atomic E-state index is -3.76. The number of hydrogen-bond donors (Lipinski definition) is 0. The summed E-state index contributed by atoms with van der Waals surface area (Å²) in [6, 6.07) is 11.5. The molecule has 1 saturated carbocycles. The molecule has 0 aromatic heterocycles. The molecule has 6 heteroatoms. The van der Waals surface area contributed by atoms with Crippen molar-refractivity contribution in [3.8, 4) is 0 Å². The zero-order valence-corrected chi connectivity index (χ0v) is 14.4. The Kier molecular flexibility index (Phi) is 4.49. The van der Waals surface area contributed by atoms with E-state index < -0.39 is 20.4 Å². The van der Waals surface area contributed by atoms with Gasteiger partial charge in [0.1, 0.15) is 16.3 Å². The molecule has 1 aliphatic rings. The Morgan fingerprint density at radius 2 is 1.46 bits per heavy atom. The molecule has 0 amide bonds. The molecular formula is C18H16ClFO3S. The van der Waals surface area contributed by atoms with E-state index in [0.29, 0.717) is 10.6 Å². The summed E-state index contributed by atoms with van der Waals surface area (Å²) in [6.45, 7) is 0. The molecule has 0 unspecified atom stereocenters. The summed E-state index contributed by atoms with van der Waals surface area (Å²) in [6.07, 6.45) is 0.791. The topological polar surface area (TPSA) is 51.2 Å². The van der Waals surface area contributed by atoms with E-state index in [-0.39, 0.29) is 36.4 Å². The molecule has 0 bridgehead atoms. The molecule has 24 heavy (non-hydrogen) atoms. The van der Waals surface area contributed by atoms with E-state index in [1.165, 1.54) is 48.5 Å². The first-order chi connectivity index (χ1) is 11.3. The highest BCUT2D eigenvalue weighted by molar-refractivity contribution is 7.92. The van der Waals surface area contributed by atoms with Crippen molar-refractivity contribution in [3.63, 3.8) is 0 Å². The lowest BCUT2D eigenvalue weighted by Crippen LogP contribution is -2.40. The number of ketones is 1. The van der Waals surface area contributed by atoms with Gasteiger partial charge >= 0.3 is 0 Å². The number of hydrogen-bond acceptors (Lipinski definition) is 3. The highest BCUT2D eigenvalue weighted by atomic mass is 35.5. The van der Waals surface area contributed by atoms with Crippen molar-refractivity contribution >= 4 is 27.2 Å². The van der Waals surface area contributed by atoms with Crippen LogP contribution in [0.25, 0.3) is 0 Å². The fourth-order valence-electron chi connectivity index (χ4n) is 3.24. The van der Waals surface area contributed by atoms with Crippen molar-refractivity contribution in [2.75, 3.05) is 0 Å². The minimum absolute atomic E-state index is 0.0547. The van der Waals surface area contributed by atoms with Crippen molar-refractivity contribution < 1.29 is 17.6 Å². The van der Waals surface area contributed by atoms with E-state index in [1.54, 1.807) is 0 Å². The van der Waals surface area contributed by atoms with Gasteiger partial charge in [0.25, 0.3) is 0 Å². The molecule has 3 nitrogen and oxygen atoms in total. The third-order valence-electron chi connectivity index (χ3n) is 4.62. The van der Waals surface area contributed by atoms with Crippen LogP contribution in [-0.4, -0.2) is 14.2 Å². The van der Waals surface area contributed by atoms with Gasteiger partial charge in [-0.15, -0.1) is 0 Å². The van der Waals surface area contributed by atoms with Crippen molar-refractivity contribution in [1.82, 2.24) is 0 Å². The molecule has 0 atom stereocenters. The van der Waals surface area contributed by atoms with Crippen LogP contribution in [0.4, 0.5) is 4.39 Å². The van der Waals surface area contributed by atoms with Gasteiger partial charge in [-0.05, 0) is 54.8 Å². The molecule has 0 aliphatic heterocycles. The van der Waals surface area contributed by atoms with Crippen LogP contribution >= 0.6 is 11.6 Å². The minimum Gasteiger partial charge on any atom is -0.300 e. The van der Waals surface area contributed by atoms with Gasteiger partial charge in [0.15, 0.2) is 9.84 Å². The van der Waals surface area contributed by atoms with Crippen molar-refractivity contribution in [2.45, 2.75) is 35.3 Å². The third-order valence-corrected chi connectivity index (χ3v) is 7.44. The molecule has 1 fully saturated rings. The van der Waals surface area contributed by atoms with E-state index in [1.807, 2.05) is 0 Å². The smallest absolute Gasteiger partial charge is 0.188 e. The summed E-state index contributed by atoms with van der Waals surface area (Å²) in [5.74, 6) is -0.372. The number of carbonyl (C=O) groups excluding carboxylic acids is 1. The van der Waals surface area contributed by atoms with Crippen LogP contribution in [-0.2, 0) is 19.4 Å². The summed E-state index contributed by atoms with van der Waals surface area (Å²) >= 11 is 5.85. The van der Waals surface area contributed by atoms with E-state index in [2.05, 4.69) is 0 Å². The molecule has 0 heterocycles. The lowest BCUT2D eigenvalue weighted by molar-refractivity contribution is -0.120. The first-order valence-corrected chi connectivity index (χ1v) is 9.49. The van der Waals surface area contributed by atoms with Gasteiger partial charge in [-0.1, -0.05) is 23.7 Å². The Bertz CT molecular complexity index is 848. The normalized spacial score (nSPS) is 17.7. The average Bonchev–Trinajstić information content (AvgIpc) is 2.57. The predicted octanol–water partition coefficient (Wildman–Crippen LogP) is 4.29. The summed E-state index contributed by atoms with van der Waals surface area (Å²) in [7, 11) is -3.76. The molecular weight excluding hydrogens is 351 g/mol. The summed E-state index contributed by atoms with van der Waals surface area (Å²) < 4.78 is 38.8. The highest BCUT2D eigenvalue weighted by Gasteiger charge is 2.48. The van der Waals surface area contributed by atoms with Crippen molar-refractivity contribution in [1.29, 1.82) is 0 Å². The third kappa shape index (κ3) is 2.87. The molecule has 0 N–H and O–H groups in total. The van der Waals surface area contributed by atoms with Gasteiger partial charge in [-0.25, -0.2) is 12.8 Å². The van der Waals surface area contributed by atoms with E-state index in [0.717, 1.165) is 0 Å². The second kappa shape index (κ2) is 6.30. The zero-order chi connectivity index (χ0) is 17.4. The predicted molar refractivity (Wildman–Crippen MR) is 90.2 cm³/mol. The number of benzene rings is 2. The molecule has 1 aliphatic carbocycles. The Labute approximate surface area is 145 Å². The second-order valence-corrected chi connectivity index (χ2v) is 8.69. The van der Waals surface area contributed by atoms with Gasteiger partial charge < -0.3 is 0 Å². The maximum absolute atomic E-state index is 13.4. The van der Waals surface area contributed by atoms with E-state index >= 15 is 0 Å². The molecule has 2 aromatic carbocycles. The van der Waals surface area contributed by atoms with Crippen molar-refractivity contribution in [3.05, 3.63) is 64.9 Å². The number of halogens is 2. The van der Waals surface area contributed by atoms with Crippen LogP contribution in [0.5, 0.6) is 0 Å². The summed E-state index contributed by atoms with van der Waals surface area (Å²) in [4.78, 5) is 11.8. The standard InChI is InChI=1S/C18H16ClFO3S/c19-14-3-7-17(8-4-14)24(22,23)18(11-9-16(21)10-12-18)13-1-5-15(20)6-2-13/h1-8H,9-12H2. The molecule has 0 saturated heterocycles. The molecule has 3 rings (SSSR count). The first kappa shape index (κ1) is 17.1. The maximum atomic E-state index is 13.4. The van der Waals surface area contributed by atoms with E-state index in [4.69, 9.17) is 11.6 Å². The number of rotatable bonds is 3. The van der Waals surface area contributed by atoms with E-state index in [9.17, 15) is 17.6 Å². The number of sulfone groups is 1. The average molecular weight is 367 g/mol. The SMILES string of the molecule is O=C1CCC(c2ccc(F)cc2)(S(=O)(=O)c2ccc(Cl)cc2)CC1. The first-order valence-electron chi connectivity index (χ1n) is 7.63. The Hall–Kier alpha value is -1.72. The molecule has 0 spiro atoms. The van der Waals surface area contributed by atoms with Crippen molar-refractivity contribution in [2.24, 2.45) is 0 Å².